The number of benzene rings is 1. The van der Waals surface area contributed by atoms with Crippen molar-refractivity contribution >= 4 is 27.3 Å². The van der Waals surface area contributed by atoms with E-state index in [0.29, 0.717) is 10.2 Å². The number of hydrogen-bond donors (Lipinski definition) is 1. The van der Waals surface area contributed by atoms with E-state index in [9.17, 15) is 4.39 Å². The monoisotopic (exact) mass is 283 g/mol. The van der Waals surface area contributed by atoms with Crippen LogP contribution in [0, 0.1) is 23.1 Å². The van der Waals surface area contributed by atoms with Crippen molar-refractivity contribution in [2.45, 2.75) is 13.8 Å². The fourth-order valence-electron chi connectivity index (χ4n) is 0.984. The average molecular weight is 284 g/mol. The predicted octanol–water partition coefficient (Wildman–Crippen LogP) is 3.54. The summed E-state index contributed by atoms with van der Waals surface area (Å²) in [5, 5.41) is 12.6. The Bertz CT molecular complexity index is 449. The van der Waals surface area contributed by atoms with Gasteiger partial charge in [-0.05, 0) is 18.2 Å². The van der Waals surface area contributed by atoms with Gasteiger partial charge < -0.3 is 0 Å². The fourth-order valence-corrected chi connectivity index (χ4v) is 1.32. The summed E-state index contributed by atoms with van der Waals surface area (Å²) < 4.78 is 14.0. The number of anilines is 1. The molecule has 0 aromatic heterocycles. The summed E-state index contributed by atoms with van der Waals surface area (Å²) in [6.45, 7) is 3.70. The number of nitrogens with zero attached hydrogens (tertiary/aromatic N) is 2. The quantitative estimate of drug-likeness (QED) is 0.681. The van der Waals surface area contributed by atoms with Crippen molar-refractivity contribution in [1.82, 2.24) is 0 Å². The molecule has 0 fully saturated rings. The lowest BCUT2D eigenvalue weighted by Gasteiger charge is -2.05. The molecule has 0 amide bonds. The first kappa shape index (κ1) is 12.7. The van der Waals surface area contributed by atoms with Gasteiger partial charge in [-0.1, -0.05) is 29.8 Å². The molecular weight excluding hydrogens is 273 g/mol. The van der Waals surface area contributed by atoms with E-state index >= 15 is 0 Å². The van der Waals surface area contributed by atoms with Gasteiger partial charge in [-0.25, -0.2) is 4.39 Å². The molecule has 0 bridgehead atoms. The third-order valence-electron chi connectivity index (χ3n) is 1.89. The number of hydrazone groups is 1. The summed E-state index contributed by atoms with van der Waals surface area (Å²) >= 11 is 3.16. The summed E-state index contributed by atoms with van der Waals surface area (Å²) in [5.74, 6) is -0.407. The Labute approximate surface area is 102 Å². The van der Waals surface area contributed by atoms with Crippen molar-refractivity contribution in [1.29, 1.82) is 5.26 Å². The Morgan fingerprint density at radius 2 is 2.25 bits per heavy atom. The Morgan fingerprint density at radius 1 is 1.56 bits per heavy atom. The molecule has 0 spiro atoms. The largest absolute Gasteiger partial charge is 0.275 e. The van der Waals surface area contributed by atoms with Gasteiger partial charge in [0.15, 0.2) is 0 Å². The maximum atomic E-state index is 13.4. The average Bonchev–Trinajstić information content (AvgIpc) is 2.21. The molecule has 0 radical (unpaired) electrons. The van der Waals surface area contributed by atoms with Crippen LogP contribution >= 0.6 is 15.9 Å². The van der Waals surface area contributed by atoms with Crippen LogP contribution in [0.4, 0.5) is 10.1 Å². The first-order chi connectivity index (χ1) is 7.54. The topological polar surface area (TPSA) is 48.2 Å². The van der Waals surface area contributed by atoms with Crippen molar-refractivity contribution in [3.8, 4) is 6.07 Å². The Balaban J connectivity index is 2.86. The van der Waals surface area contributed by atoms with Gasteiger partial charge >= 0.3 is 0 Å². The molecule has 0 aliphatic heterocycles. The number of halogens is 2. The van der Waals surface area contributed by atoms with Gasteiger partial charge in [0.05, 0.1) is 5.69 Å². The highest BCUT2D eigenvalue weighted by atomic mass is 79.9. The normalized spacial score (nSPS) is 11.4. The highest BCUT2D eigenvalue weighted by molar-refractivity contribution is 9.10. The van der Waals surface area contributed by atoms with E-state index in [0.717, 1.165) is 0 Å². The molecule has 0 saturated carbocycles. The zero-order valence-electron chi connectivity index (χ0n) is 8.96. The lowest BCUT2D eigenvalue weighted by Crippen LogP contribution is -2.07. The van der Waals surface area contributed by atoms with Gasteiger partial charge in [-0.2, -0.15) is 10.4 Å². The third-order valence-corrected chi connectivity index (χ3v) is 2.38. The smallest absolute Gasteiger partial charge is 0.149 e. The Hall–Kier alpha value is -1.41. The summed E-state index contributed by atoms with van der Waals surface area (Å²) in [6, 6.07) is 6.54. The number of nitriles is 1. The molecule has 0 aliphatic rings. The van der Waals surface area contributed by atoms with Crippen molar-refractivity contribution in [2.75, 3.05) is 5.43 Å². The lowest BCUT2D eigenvalue weighted by atomic mass is 10.1. The molecule has 3 nitrogen and oxygen atoms in total. The van der Waals surface area contributed by atoms with Crippen molar-refractivity contribution in [3.63, 3.8) is 0 Å². The number of rotatable bonds is 3. The third kappa shape index (κ3) is 3.31. The zero-order valence-corrected chi connectivity index (χ0v) is 10.5. The van der Waals surface area contributed by atoms with E-state index in [-0.39, 0.29) is 11.6 Å². The molecule has 0 heterocycles. The molecule has 1 rings (SSSR count). The molecule has 0 unspecified atom stereocenters. The summed E-state index contributed by atoms with van der Waals surface area (Å²) in [6.07, 6.45) is 0. The molecule has 84 valence electrons. The second-order valence-corrected chi connectivity index (χ2v) is 4.42. The summed E-state index contributed by atoms with van der Waals surface area (Å²) in [4.78, 5) is 0. The zero-order chi connectivity index (χ0) is 12.1. The van der Waals surface area contributed by atoms with Crippen LogP contribution in [0.1, 0.15) is 13.8 Å². The Kier molecular flexibility index (Phi) is 4.44. The van der Waals surface area contributed by atoms with Gasteiger partial charge in [-0.3, -0.25) is 5.43 Å². The second kappa shape index (κ2) is 5.61. The van der Waals surface area contributed by atoms with Gasteiger partial charge in [0.2, 0.25) is 0 Å². The van der Waals surface area contributed by atoms with Crippen LogP contribution in [-0.2, 0) is 0 Å². The first-order valence-corrected chi connectivity index (χ1v) is 5.52. The van der Waals surface area contributed by atoms with Crippen molar-refractivity contribution in [2.24, 2.45) is 11.0 Å². The van der Waals surface area contributed by atoms with E-state index in [1.54, 1.807) is 12.1 Å². The van der Waals surface area contributed by atoms with E-state index in [1.165, 1.54) is 6.07 Å². The minimum atomic E-state index is -0.417. The predicted molar refractivity (Wildman–Crippen MR) is 65.6 cm³/mol. The molecule has 5 heteroatoms. The minimum absolute atomic E-state index is 0.0102. The van der Waals surface area contributed by atoms with Gasteiger partial charge in [0.1, 0.15) is 17.6 Å². The fraction of sp³-hybridized carbons (Fsp3) is 0.273. The molecule has 16 heavy (non-hydrogen) atoms. The summed E-state index contributed by atoms with van der Waals surface area (Å²) in [7, 11) is 0. The van der Waals surface area contributed by atoms with Crippen molar-refractivity contribution in [3.05, 3.63) is 28.5 Å². The first-order valence-electron chi connectivity index (χ1n) is 4.73. The van der Waals surface area contributed by atoms with Crippen LogP contribution in [0.15, 0.2) is 27.8 Å². The maximum absolute atomic E-state index is 13.4. The van der Waals surface area contributed by atoms with Crippen LogP contribution in [0.3, 0.4) is 0 Å². The van der Waals surface area contributed by atoms with Crippen LogP contribution in [0.25, 0.3) is 0 Å². The SMILES string of the molecule is CC(C)/C(C#N)=N/Nc1ccc(Br)cc1F. The second-order valence-electron chi connectivity index (χ2n) is 3.50. The lowest BCUT2D eigenvalue weighted by molar-refractivity contribution is 0.630. The van der Waals surface area contributed by atoms with E-state index in [1.807, 2.05) is 19.9 Å². The van der Waals surface area contributed by atoms with Crippen LogP contribution in [-0.4, -0.2) is 5.71 Å². The molecule has 1 aromatic carbocycles. The summed E-state index contributed by atoms with van der Waals surface area (Å²) in [5.41, 5.74) is 3.12. The molecule has 0 saturated heterocycles. The van der Waals surface area contributed by atoms with E-state index in [2.05, 4.69) is 26.5 Å². The molecular formula is C11H11BrFN3. The molecule has 1 N–H and O–H groups in total. The minimum Gasteiger partial charge on any atom is -0.275 e. The molecule has 0 aliphatic carbocycles. The van der Waals surface area contributed by atoms with Gasteiger partial charge in [0, 0.05) is 10.4 Å². The Morgan fingerprint density at radius 3 is 2.75 bits per heavy atom. The van der Waals surface area contributed by atoms with Crippen LogP contribution in [0.5, 0.6) is 0 Å². The molecule has 0 atom stereocenters. The standard InChI is InChI=1S/C11H11BrFN3/c1-7(2)11(6-14)16-15-10-4-3-8(12)5-9(10)13/h3-5,7,15H,1-2H3/b16-11+. The van der Waals surface area contributed by atoms with Crippen LogP contribution in [0.2, 0.25) is 0 Å². The highest BCUT2D eigenvalue weighted by Crippen LogP contribution is 2.19. The molecule has 1 aromatic rings. The van der Waals surface area contributed by atoms with Crippen molar-refractivity contribution < 1.29 is 4.39 Å². The number of hydrogen-bond acceptors (Lipinski definition) is 3. The van der Waals surface area contributed by atoms with Gasteiger partial charge in [0.25, 0.3) is 0 Å². The maximum Gasteiger partial charge on any atom is 0.149 e. The van der Waals surface area contributed by atoms with Crippen LogP contribution < -0.4 is 5.43 Å². The number of nitrogens with one attached hydrogen (secondary N) is 1. The van der Waals surface area contributed by atoms with Gasteiger partial charge in [-0.15, -0.1) is 0 Å². The van der Waals surface area contributed by atoms with E-state index in [4.69, 9.17) is 5.26 Å². The van der Waals surface area contributed by atoms with E-state index < -0.39 is 5.82 Å². The highest BCUT2D eigenvalue weighted by Gasteiger charge is 2.05.